The van der Waals surface area contributed by atoms with Gasteiger partial charge in [0, 0.05) is 19.2 Å². The Kier molecular flexibility index (Phi) is 4.29. The SMILES string of the molecule is C#CCCCCNC(=O)c1ccn[nH]1. The van der Waals surface area contributed by atoms with Crippen LogP contribution in [0.2, 0.25) is 0 Å². The third kappa shape index (κ3) is 3.31. The zero-order valence-corrected chi connectivity index (χ0v) is 7.92. The first-order chi connectivity index (χ1) is 6.84. The van der Waals surface area contributed by atoms with Crippen molar-refractivity contribution in [1.29, 1.82) is 0 Å². The summed E-state index contributed by atoms with van der Waals surface area (Å²) in [7, 11) is 0. The fourth-order valence-corrected chi connectivity index (χ4v) is 1.03. The average molecular weight is 191 g/mol. The third-order valence-corrected chi connectivity index (χ3v) is 1.78. The molecule has 0 aliphatic heterocycles. The van der Waals surface area contributed by atoms with E-state index in [4.69, 9.17) is 6.42 Å². The molecular weight excluding hydrogens is 178 g/mol. The fourth-order valence-electron chi connectivity index (χ4n) is 1.03. The number of hydrogen-bond donors (Lipinski definition) is 2. The zero-order valence-electron chi connectivity index (χ0n) is 7.92. The van der Waals surface area contributed by atoms with Crippen LogP contribution in [0.15, 0.2) is 12.3 Å². The van der Waals surface area contributed by atoms with Crippen molar-refractivity contribution in [3.63, 3.8) is 0 Å². The number of amides is 1. The first-order valence-electron chi connectivity index (χ1n) is 4.55. The van der Waals surface area contributed by atoms with Crippen molar-refractivity contribution in [1.82, 2.24) is 15.5 Å². The van der Waals surface area contributed by atoms with E-state index in [1.54, 1.807) is 12.3 Å². The highest BCUT2D eigenvalue weighted by atomic mass is 16.1. The molecule has 1 heterocycles. The number of carbonyl (C=O) groups is 1. The average Bonchev–Trinajstić information content (AvgIpc) is 2.70. The Morgan fingerprint density at radius 1 is 1.64 bits per heavy atom. The van der Waals surface area contributed by atoms with Gasteiger partial charge in [-0.1, -0.05) is 0 Å². The highest BCUT2D eigenvalue weighted by molar-refractivity contribution is 5.91. The maximum absolute atomic E-state index is 11.3. The summed E-state index contributed by atoms with van der Waals surface area (Å²) in [6.07, 6.45) is 9.26. The van der Waals surface area contributed by atoms with Gasteiger partial charge in [-0.25, -0.2) is 0 Å². The molecule has 0 aliphatic carbocycles. The molecule has 4 heteroatoms. The molecule has 0 radical (unpaired) electrons. The molecule has 4 nitrogen and oxygen atoms in total. The monoisotopic (exact) mass is 191 g/mol. The van der Waals surface area contributed by atoms with E-state index in [2.05, 4.69) is 21.4 Å². The van der Waals surface area contributed by atoms with Crippen LogP contribution in [0.5, 0.6) is 0 Å². The van der Waals surface area contributed by atoms with Gasteiger partial charge in [-0.2, -0.15) is 5.10 Å². The van der Waals surface area contributed by atoms with Gasteiger partial charge in [0.1, 0.15) is 5.69 Å². The van der Waals surface area contributed by atoms with Gasteiger partial charge in [0.15, 0.2) is 0 Å². The zero-order chi connectivity index (χ0) is 10.2. The summed E-state index contributed by atoms with van der Waals surface area (Å²) >= 11 is 0. The van der Waals surface area contributed by atoms with Crippen molar-refractivity contribution in [3.05, 3.63) is 18.0 Å². The molecule has 0 unspecified atom stereocenters. The van der Waals surface area contributed by atoms with Crippen LogP contribution in [0.1, 0.15) is 29.8 Å². The Labute approximate surface area is 83.1 Å². The molecule has 0 spiro atoms. The van der Waals surface area contributed by atoms with E-state index in [1.165, 1.54) is 0 Å². The predicted molar refractivity (Wildman–Crippen MR) is 53.6 cm³/mol. The molecule has 0 aliphatic rings. The van der Waals surface area contributed by atoms with Gasteiger partial charge >= 0.3 is 0 Å². The summed E-state index contributed by atoms with van der Waals surface area (Å²) in [6.45, 7) is 0.652. The number of aromatic amines is 1. The summed E-state index contributed by atoms with van der Waals surface area (Å²) in [6, 6.07) is 1.64. The van der Waals surface area contributed by atoms with Crippen LogP contribution < -0.4 is 5.32 Å². The molecular formula is C10H13N3O. The topological polar surface area (TPSA) is 57.8 Å². The van der Waals surface area contributed by atoms with Crippen LogP contribution >= 0.6 is 0 Å². The first-order valence-corrected chi connectivity index (χ1v) is 4.55. The quantitative estimate of drug-likeness (QED) is 0.537. The minimum atomic E-state index is -0.122. The van der Waals surface area contributed by atoms with E-state index in [0.29, 0.717) is 12.2 Å². The second kappa shape index (κ2) is 5.81. The molecule has 1 amide bonds. The lowest BCUT2D eigenvalue weighted by atomic mass is 10.2. The molecule has 1 aromatic heterocycles. The summed E-state index contributed by atoms with van der Waals surface area (Å²) in [5.74, 6) is 2.43. The first kappa shape index (κ1) is 10.3. The predicted octanol–water partition coefficient (Wildman–Crippen LogP) is 0.943. The molecule has 0 saturated carbocycles. The molecule has 74 valence electrons. The number of aromatic nitrogens is 2. The van der Waals surface area contributed by atoms with Gasteiger partial charge in [-0.05, 0) is 18.9 Å². The van der Waals surface area contributed by atoms with E-state index >= 15 is 0 Å². The van der Waals surface area contributed by atoms with Crippen molar-refractivity contribution in [3.8, 4) is 12.3 Å². The summed E-state index contributed by atoms with van der Waals surface area (Å²) < 4.78 is 0. The van der Waals surface area contributed by atoms with Crippen LogP contribution in [-0.2, 0) is 0 Å². The van der Waals surface area contributed by atoms with Crippen LogP contribution in [0.3, 0.4) is 0 Å². The Bertz CT molecular complexity index is 311. The number of carbonyl (C=O) groups excluding carboxylic acids is 1. The Hall–Kier alpha value is -1.76. The number of unbranched alkanes of at least 4 members (excludes halogenated alkanes) is 2. The van der Waals surface area contributed by atoms with Crippen LogP contribution in [0.25, 0.3) is 0 Å². The van der Waals surface area contributed by atoms with Crippen molar-refractivity contribution >= 4 is 5.91 Å². The van der Waals surface area contributed by atoms with Crippen molar-refractivity contribution in [2.24, 2.45) is 0 Å². The maximum atomic E-state index is 11.3. The van der Waals surface area contributed by atoms with E-state index in [0.717, 1.165) is 19.3 Å². The highest BCUT2D eigenvalue weighted by Crippen LogP contribution is 1.94. The molecule has 2 N–H and O–H groups in total. The van der Waals surface area contributed by atoms with Crippen molar-refractivity contribution in [2.75, 3.05) is 6.54 Å². The largest absolute Gasteiger partial charge is 0.351 e. The summed E-state index contributed by atoms with van der Waals surface area (Å²) in [4.78, 5) is 11.3. The van der Waals surface area contributed by atoms with Gasteiger partial charge in [0.05, 0.1) is 0 Å². The molecule has 0 fully saturated rings. The standard InChI is InChI=1S/C10H13N3O/c1-2-3-4-5-7-11-10(14)9-6-8-12-13-9/h1,6,8H,3-5,7H2,(H,11,14)(H,12,13). The number of H-pyrrole nitrogens is 1. The molecule has 14 heavy (non-hydrogen) atoms. The Morgan fingerprint density at radius 2 is 2.50 bits per heavy atom. The number of rotatable bonds is 5. The van der Waals surface area contributed by atoms with Gasteiger partial charge < -0.3 is 5.32 Å². The van der Waals surface area contributed by atoms with E-state index < -0.39 is 0 Å². The minimum absolute atomic E-state index is 0.122. The number of nitrogens with zero attached hydrogens (tertiary/aromatic N) is 1. The molecule has 1 rings (SSSR count). The lowest BCUT2D eigenvalue weighted by Crippen LogP contribution is -2.24. The Morgan fingerprint density at radius 3 is 3.14 bits per heavy atom. The maximum Gasteiger partial charge on any atom is 0.269 e. The molecule has 0 bridgehead atoms. The number of nitrogens with one attached hydrogen (secondary N) is 2. The highest BCUT2D eigenvalue weighted by Gasteiger charge is 2.04. The van der Waals surface area contributed by atoms with Crippen LogP contribution in [0.4, 0.5) is 0 Å². The smallest absolute Gasteiger partial charge is 0.269 e. The van der Waals surface area contributed by atoms with Gasteiger partial charge in [-0.15, -0.1) is 12.3 Å². The van der Waals surface area contributed by atoms with Gasteiger partial charge in [0.2, 0.25) is 0 Å². The molecule has 1 aromatic rings. The lowest BCUT2D eigenvalue weighted by molar-refractivity contribution is 0.0948. The van der Waals surface area contributed by atoms with E-state index in [1.807, 2.05) is 0 Å². The fraction of sp³-hybridized carbons (Fsp3) is 0.400. The van der Waals surface area contributed by atoms with Gasteiger partial charge in [0.25, 0.3) is 5.91 Å². The number of hydrogen-bond acceptors (Lipinski definition) is 2. The van der Waals surface area contributed by atoms with Gasteiger partial charge in [-0.3, -0.25) is 9.89 Å². The van der Waals surface area contributed by atoms with Crippen molar-refractivity contribution < 1.29 is 4.79 Å². The van der Waals surface area contributed by atoms with Crippen LogP contribution in [0, 0.1) is 12.3 Å². The second-order valence-electron chi connectivity index (χ2n) is 2.89. The summed E-state index contributed by atoms with van der Waals surface area (Å²) in [5.41, 5.74) is 0.488. The minimum Gasteiger partial charge on any atom is -0.351 e. The number of terminal acetylenes is 1. The Balaban J connectivity index is 2.14. The van der Waals surface area contributed by atoms with Crippen LogP contribution in [-0.4, -0.2) is 22.6 Å². The second-order valence-corrected chi connectivity index (χ2v) is 2.89. The lowest BCUT2D eigenvalue weighted by Gasteiger charge is -2.01. The third-order valence-electron chi connectivity index (χ3n) is 1.78. The summed E-state index contributed by atoms with van der Waals surface area (Å²) in [5, 5.41) is 9.05. The normalized spacial score (nSPS) is 9.36. The molecule has 0 aromatic carbocycles. The van der Waals surface area contributed by atoms with Crippen molar-refractivity contribution in [2.45, 2.75) is 19.3 Å². The van der Waals surface area contributed by atoms with E-state index in [-0.39, 0.29) is 5.91 Å². The molecule has 0 saturated heterocycles. The van der Waals surface area contributed by atoms with E-state index in [9.17, 15) is 4.79 Å². The molecule has 0 atom stereocenters.